The van der Waals surface area contributed by atoms with E-state index in [9.17, 15) is 0 Å². The van der Waals surface area contributed by atoms with E-state index in [2.05, 4.69) is 20.9 Å². The summed E-state index contributed by atoms with van der Waals surface area (Å²) in [5.74, 6) is 0.963. The van der Waals surface area contributed by atoms with Gasteiger partial charge in [-0.15, -0.1) is 11.3 Å². The highest BCUT2D eigenvalue weighted by atomic mass is 35.5. The van der Waals surface area contributed by atoms with Crippen LogP contribution >= 0.6 is 34.5 Å². The molecule has 0 bridgehead atoms. The zero-order valence-corrected chi connectivity index (χ0v) is 14.4. The summed E-state index contributed by atoms with van der Waals surface area (Å²) in [5.41, 5.74) is 1.03. The van der Waals surface area contributed by atoms with Crippen LogP contribution < -0.4 is 4.90 Å². The van der Waals surface area contributed by atoms with Crippen LogP contribution in [0.2, 0.25) is 10.0 Å². The molecule has 3 heterocycles. The van der Waals surface area contributed by atoms with Crippen molar-refractivity contribution in [3.05, 3.63) is 51.6 Å². The van der Waals surface area contributed by atoms with E-state index >= 15 is 0 Å². The van der Waals surface area contributed by atoms with E-state index in [0.717, 1.165) is 34.7 Å². The first-order valence-corrected chi connectivity index (χ1v) is 8.85. The third-order valence-corrected chi connectivity index (χ3v) is 5.48. The molecule has 0 unspecified atom stereocenters. The molecule has 0 saturated carbocycles. The van der Waals surface area contributed by atoms with Crippen LogP contribution in [0.15, 0.2) is 36.0 Å². The average Bonchev–Trinajstić information content (AvgIpc) is 3.06. The van der Waals surface area contributed by atoms with Crippen molar-refractivity contribution in [2.75, 3.05) is 24.6 Å². The lowest BCUT2D eigenvalue weighted by Gasteiger charge is -2.34. The van der Waals surface area contributed by atoms with E-state index < -0.39 is 0 Å². The minimum atomic E-state index is -0.0535. The molecule has 1 aliphatic heterocycles. The number of rotatable bonds is 2. The molecule has 1 saturated heterocycles. The molecule has 0 radical (unpaired) electrons. The van der Waals surface area contributed by atoms with Crippen molar-refractivity contribution in [1.82, 2.24) is 9.97 Å². The lowest BCUT2D eigenvalue weighted by Crippen LogP contribution is -2.39. The summed E-state index contributed by atoms with van der Waals surface area (Å²) in [7, 11) is 0. The monoisotopic (exact) mass is 365 g/mol. The first kappa shape index (κ1) is 15.1. The normalized spacial score (nSPS) is 18.5. The number of nitrogens with zero attached hydrogens (tertiary/aromatic N) is 3. The smallest absolute Gasteiger partial charge is 0.140 e. The number of hydrogen-bond acceptors (Lipinski definition) is 5. The predicted octanol–water partition coefficient (Wildman–Crippen LogP) is 4.58. The van der Waals surface area contributed by atoms with Crippen LogP contribution in [0.25, 0.3) is 10.2 Å². The zero-order valence-electron chi connectivity index (χ0n) is 12.1. The number of thiophene rings is 1. The Morgan fingerprint density at radius 2 is 2.09 bits per heavy atom. The Balaban J connectivity index is 1.64. The number of hydrogen-bond donors (Lipinski definition) is 0. The summed E-state index contributed by atoms with van der Waals surface area (Å²) in [6.45, 7) is 2.17. The van der Waals surface area contributed by atoms with Gasteiger partial charge in [0, 0.05) is 13.1 Å². The Labute approximate surface area is 147 Å². The summed E-state index contributed by atoms with van der Waals surface area (Å²) in [5, 5.41) is 4.23. The van der Waals surface area contributed by atoms with Gasteiger partial charge in [-0.05, 0) is 29.1 Å². The number of benzene rings is 1. The van der Waals surface area contributed by atoms with E-state index in [-0.39, 0.29) is 6.10 Å². The lowest BCUT2D eigenvalue weighted by atomic mass is 10.1. The van der Waals surface area contributed by atoms with E-state index in [1.54, 1.807) is 17.7 Å². The summed E-state index contributed by atoms with van der Waals surface area (Å²) in [6.07, 6.45) is 1.57. The van der Waals surface area contributed by atoms with Gasteiger partial charge in [-0.25, -0.2) is 9.97 Å². The number of anilines is 1. The maximum absolute atomic E-state index is 6.13. The van der Waals surface area contributed by atoms with Crippen LogP contribution in [-0.4, -0.2) is 29.7 Å². The van der Waals surface area contributed by atoms with Crippen LogP contribution in [0.5, 0.6) is 0 Å². The molecular formula is C16H13Cl2N3OS. The molecule has 0 spiro atoms. The summed E-state index contributed by atoms with van der Waals surface area (Å²) in [4.78, 5) is 12.0. The highest BCUT2D eigenvalue weighted by Crippen LogP contribution is 2.32. The van der Waals surface area contributed by atoms with Gasteiger partial charge in [0.15, 0.2) is 0 Å². The first-order valence-electron chi connectivity index (χ1n) is 7.22. The van der Waals surface area contributed by atoms with E-state index in [4.69, 9.17) is 27.9 Å². The van der Waals surface area contributed by atoms with Crippen molar-refractivity contribution in [1.29, 1.82) is 0 Å². The van der Waals surface area contributed by atoms with E-state index in [1.165, 1.54) is 0 Å². The second-order valence-corrected chi connectivity index (χ2v) is 7.02. The Morgan fingerprint density at radius 3 is 2.96 bits per heavy atom. The van der Waals surface area contributed by atoms with Crippen molar-refractivity contribution in [2.24, 2.45) is 0 Å². The maximum atomic E-state index is 6.13. The van der Waals surface area contributed by atoms with Crippen LogP contribution in [-0.2, 0) is 4.74 Å². The van der Waals surface area contributed by atoms with Crippen LogP contribution in [0, 0.1) is 0 Å². The van der Waals surface area contributed by atoms with Gasteiger partial charge in [0.2, 0.25) is 0 Å². The fourth-order valence-corrected chi connectivity index (χ4v) is 3.82. The van der Waals surface area contributed by atoms with Crippen LogP contribution in [0.1, 0.15) is 11.7 Å². The van der Waals surface area contributed by atoms with Crippen molar-refractivity contribution in [3.8, 4) is 0 Å². The van der Waals surface area contributed by atoms with Gasteiger partial charge in [-0.3, -0.25) is 0 Å². The Hall–Kier alpha value is -1.40. The number of aromatic nitrogens is 2. The second kappa shape index (κ2) is 6.24. The standard InChI is InChI=1S/C16H13Cl2N3OS/c17-12-2-1-10(7-13(12)18)14-8-21(4-5-22-14)15-11-3-6-23-16(11)20-9-19-15/h1-3,6-7,9,14H,4-5,8H2/t14-/m1/s1. The third-order valence-electron chi connectivity index (χ3n) is 3.92. The minimum Gasteiger partial charge on any atom is -0.370 e. The second-order valence-electron chi connectivity index (χ2n) is 5.32. The largest absolute Gasteiger partial charge is 0.370 e. The minimum absolute atomic E-state index is 0.0535. The molecule has 1 atom stereocenters. The van der Waals surface area contributed by atoms with Crippen LogP contribution in [0.3, 0.4) is 0 Å². The SMILES string of the molecule is Clc1ccc([C@H]2CN(c3ncnc4sccc34)CCO2)cc1Cl. The molecule has 1 aliphatic rings. The molecular weight excluding hydrogens is 353 g/mol. The molecule has 3 aromatic rings. The molecule has 2 aromatic heterocycles. The number of ether oxygens (including phenoxy) is 1. The van der Waals surface area contributed by atoms with Crippen molar-refractivity contribution < 1.29 is 4.74 Å². The van der Waals surface area contributed by atoms with Crippen molar-refractivity contribution >= 4 is 50.6 Å². The van der Waals surface area contributed by atoms with E-state index in [1.807, 2.05) is 23.6 Å². The zero-order chi connectivity index (χ0) is 15.8. The molecule has 4 rings (SSSR count). The topological polar surface area (TPSA) is 38.2 Å². The number of fused-ring (bicyclic) bond motifs is 1. The molecule has 4 nitrogen and oxygen atoms in total. The average molecular weight is 366 g/mol. The highest BCUT2D eigenvalue weighted by molar-refractivity contribution is 7.16. The predicted molar refractivity (Wildman–Crippen MR) is 94.8 cm³/mol. The van der Waals surface area contributed by atoms with E-state index in [0.29, 0.717) is 16.7 Å². The quantitative estimate of drug-likeness (QED) is 0.666. The number of halogens is 2. The van der Waals surface area contributed by atoms with Gasteiger partial charge in [0.1, 0.15) is 23.1 Å². The Kier molecular flexibility index (Phi) is 4.11. The van der Waals surface area contributed by atoms with Crippen molar-refractivity contribution in [3.63, 3.8) is 0 Å². The summed E-state index contributed by atoms with van der Waals surface area (Å²) < 4.78 is 5.92. The molecule has 23 heavy (non-hydrogen) atoms. The van der Waals surface area contributed by atoms with Crippen molar-refractivity contribution in [2.45, 2.75) is 6.10 Å². The molecule has 118 valence electrons. The molecule has 0 amide bonds. The Morgan fingerprint density at radius 1 is 1.17 bits per heavy atom. The molecule has 1 aromatic carbocycles. The fourth-order valence-electron chi connectivity index (χ4n) is 2.78. The molecule has 1 fully saturated rings. The van der Waals surface area contributed by atoms with Gasteiger partial charge in [-0.2, -0.15) is 0 Å². The fraction of sp³-hybridized carbons (Fsp3) is 0.250. The molecule has 7 heteroatoms. The van der Waals surface area contributed by atoms with Gasteiger partial charge < -0.3 is 9.64 Å². The van der Waals surface area contributed by atoms with Gasteiger partial charge >= 0.3 is 0 Å². The first-order chi connectivity index (χ1) is 11.2. The number of morpholine rings is 1. The highest BCUT2D eigenvalue weighted by Gasteiger charge is 2.24. The molecule has 0 N–H and O–H groups in total. The van der Waals surface area contributed by atoms with Gasteiger partial charge in [0.05, 0.1) is 22.0 Å². The van der Waals surface area contributed by atoms with Gasteiger partial charge in [0.25, 0.3) is 0 Å². The summed E-state index contributed by atoms with van der Waals surface area (Å²) in [6, 6.07) is 7.71. The lowest BCUT2D eigenvalue weighted by molar-refractivity contribution is 0.0396. The Bertz CT molecular complexity index is 854. The summed E-state index contributed by atoms with van der Waals surface area (Å²) >= 11 is 13.8. The maximum Gasteiger partial charge on any atom is 0.140 e. The van der Waals surface area contributed by atoms with Crippen LogP contribution in [0.4, 0.5) is 5.82 Å². The molecule has 0 aliphatic carbocycles. The van der Waals surface area contributed by atoms with Gasteiger partial charge in [-0.1, -0.05) is 29.3 Å². The third kappa shape index (κ3) is 2.90.